The Kier molecular flexibility index (Phi) is 5.10. The first-order chi connectivity index (χ1) is 13.5. The Balaban J connectivity index is 1.61. The number of hydrogen-bond acceptors (Lipinski definition) is 4. The third-order valence-electron chi connectivity index (χ3n) is 6.20. The van der Waals surface area contributed by atoms with Crippen molar-refractivity contribution in [3.8, 4) is 0 Å². The van der Waals surface area contributed by atoms with Gasteiger partial charge in [0, 0.05) is 32.7 Å². The molecule has 3 aliphatic rings. The first kappa shape index (κ1) is 18.9. The zero-order valence-corrected chi connectivity index (χ0v) is 16.7. The maximum atomic E-state index is 13.3. The van der Waals surface area contributed by atoms with Gasteiger partial charge in [0.25, 0.3) is 5.91 Å². The lowest BCUT2D eigenvalue weighted by Crippen LogP contribution is -2.53. The van der Waals surface area contributed by atoms with Crippen molar-refractivity contribution in [2.75, 3.05) is 50.7 Å². The highest BCUT2D eigenvalue weighted by molar-refractivity contribution is 6.12. The predicted octanol–water partition coefficient (Wildman–Crippen LogP) is 1.11. The number of carbonyl (C=O) groups is 3. The predicted molar refractivity (Wildman–Crippen MR) is 106 cm³/mol. The maximum absolute atomic E-state index is 13.3. The van der Waals surface area contributed by atoms with Gasteiger partial charge < -0.3 is 19.6 Å². The van der Waals surface area contributed by atoms with Crippen LogP contribution < -0.4 is 4.90 Å². The van der Waals surface area contributed by atoms with Gasteiger partial charge in [-0.15, -0.1) is 0 Å². The first-order valence-electron chi connectivity index (χ1n) is 10.2. The van der Waals surface area contributed by atoms with E-state index in [4.69, 9.17) is 0 Å². The number of hydrogen-bond donors (Lipinski definition) is 0. The molecule has 2 fully saturated rings. The molecule has 0 radical (unpaired) electrons. The van der Waals surface area contributed by atoms with Crippen LogP contribution in [0, 0.1) is 6.92 Å². The average molecular weight is 384 g/mol. The molecule has 1 atom stereocenters. The van der Waals surface area contributed by atoms with Crippen LogP contribution in [0.1, 0.15) is 35.7 Å². The molecule has 3 amide bonds. The SMILES string of the molecule is CCN1CCN(C(=O)CN2C(=O)[C@@H]3CCCN3C(=O)c3cc(C)ccc32)CC1. The molecule has 28 heavy (non-hydrogen) atoms. The second-order valence-electron chi connectivity index (χ2n) is 7.92. The number of anilines is 1. The number of benzene rings is 1. The van der Waals surface area contributed by atoms with E-state index >= 15 is 0 Å². The molecule has 0 spiro atoms. The quantitative estimate of drug-likeness (QED) is 0.783. The standard InChI is InChI=1S/C21H28N4O3/c1-3-22-9-11-23(12-10-22)19(26)14-25-17-7-6-15(2)13-16(17)20(27)24-8-4-5-18(24)21(25)28/h6-7,13,18H,3-5,8-12,14H2,1-2H3/t18-/m0/s1. The van der Waals surface area contributed by atoms with Crippen LogP contribution in [0.2, 0.25) is 0 Å². The van der Waals surface area contributed by atoms with E-state index in [0.717, 1.165) is 31.6 Å². The molecule has 0 unspecified atom stereocenters. The Morgan fingerprint density at radius 1 is 1.11 bits per heavy atom. The lowest BCUT2D eigenvalue weighted by atomic mass is 10.1. The van der Waals surface area contributed by atoms with E-state index in [2.05, 4.69) is 11.8 Å². The Morgan fingerprint density at radius 3 is 2.57 bits per heavy atom. The van der Waals surface area contributed by atoms with Gasteiger partial charge in [0.1, 0.15) is 12.6 Å². The fraction of sp³-hybridized carbons (Fsp3) is 0.571. The van der Waals surface area contributed by atoms with Crippen LogP contribution in [0.25, 0.3) is 0 Å². The van der Waals surface area contributed by atoms with Crippen molar-refractivity contribution < 1.29 is 14.4 Å². The van der Waals surface area contributed by atoms with Crippen LogP contribution in [0.15, 0.2) is 18.2 Å². The lowest BCUT2D eigenvalue weighted by Gasteiger charge is -2.35. The van der Waals surface area contributed by atoms with E-state index in [1.165, 1.54) is 0 Å². The molecule has 7 heteroatoms. The summed E-state index contributed by atoms with van der Waals surface area (Å²) < 4.78 is 0. The normalized spacial score (nSPS) is 22.9. The summed E-state index contributed by atoms with van der Waals surface area (Å²) in [6.07, 6.45) is 1.49. The zero-order valence-electron chi connectivity index (χ0n) is 16.7. The summed E-state index contributed by atoms with van der Waals surface area (Å²) >= 11 is 0. The molecule has 2 saturated heterocycles. The Labute approximate surface area is 165 Å². The molecule has 0 bridgehead atoms. The molecule has 7 nitrogen and oxygen atoms in total. The number of likely N-dealkylation sites (N-methyl/N-ethyl adjacent to an activating group) is 1. The summed E-state index contributed by atoms with van der Waals surface area (Å²) in [6, 6.07) is 5.09. The fourth-order valence-electron chi connectivity index (χ4n) is 4.49. The Morgan fingerprint density at radius 2 is 1.86 bits per heavy atom. The molecule has 3 heterocycles. The molecule has 1 aromatic rings. The minimum absolute atomic E-state index is 0.00135. The van der Waals surface area contributed by atoms with E-state index in [0.29, 0.717) is 37.3 Å². The monoisotopic (exact) mass is 384 g/mol. The molecular weight excluding hydrogens is 356 g/mol. The summed E-state index contributed by atoms with van der Waals surface area (Å²) in [6.45, 7) is 8.73. The van der Waals surface area contributed by atoms with Crippen LogP contribution in [0.3, 0.4) is 0 Å². The van der Waals surface area contributed by atoms with Gasteiger partial charge in [-0.3, -0.25) is 14.4 Å². The van der Waals surface area contributed by atoms with Crippen LogP contribution in [-0.2, 0) is 9.59 Å². The van der Waals surface area contributed by atoms with Gasteiger partial charge in [0.05, 0.1) is 11.3 Å². The molecule has 1 aromatic carbocycles. The molecule has 0 saturated carbocycles. The van der Waals surface area contributed by atoms with Gasteiger partial charge in [-0.1, -0.05) is 18.6 Å². The zero-order chi connectivity index (χ0) is 19.8. The first-order valence-corrected chi connectivity index (χ1v) is 10.2. The van der Waals surface area contributed by atoms with Crippen molar-refractivity contribution in [1.29, 1.82) is 0 Å². The van der Waals surface area contributed by atoms with Gasteiger partial charge in [0.15, 0.2) is 0 Å². The number of aryl methyl sites for hydroxylation is 1. The third-order valence-corrected chi connectivity index (χ3v) is 6.20. The number of nitrogens with zero attached hydrogens (tertiary/aromatic N) is 4. The Bertz CT molecular complexity index is 801. The van der Waals surface area contributed by atoms with Crippen molar-refractivity contribution in [1.82, 2.24) is 14.7 Å². The highest BCUT2D eigenvalue weighted by Gasteiger charge is 2.42. The minimum atomic E-state index is -0.454. The molecule has 0 aromatic heterocycles. The molecule has 0 aliphatic carbocycles. The summed E-state index contributed by atoms with van der Waals surface area (Å²) in [5.74, 6) is -0.274. The summed E-state index contributed by atoms with van der Waals surface area (Å²) in [5, 5.41) is 0. The van der Waals surface area contributed by atoms with Crippen LogP contribution >= 0.6 is 0 Å². The summed E-state index contributed by atoms with van der Waals surface area (Å²) in [5.41, 5.74) is 2.07. The highest BCUT2D eigenvalue weighted by atomic mass is 16.2. The number of rotatable bonds is 3. The van der Waals surface area contributed by atoms with Crippen LogP contribution in [-0.4, -0.2) is 84.3 Å². The van der Waals surface area contributed by atoms with E-state index in [9.17, 15) is 14.4 Å². The Hall–Kier alpha value is -2.41. The van der Waals surface area contributed by atoms with Gasteiger partial charge in [-0.05, 0) is 38.4 Å². The fourth-order valence-corrected chi connectivity index (χ4v) is 4.49. The summed E-state index contributed by atoms with van der Waals surface area (Å²) in [4.78, 5) is 46.7. The van der Waals surface area contributed by atoms with E-state index < -0.39 is 6.04 Å². The third kappa shape index (κ3) is 3.28. The van der Waals surface area contributed by atoms with E-state index in [1.807, 2.05) is 30.0 Å². The van der Waals surface area contributed by atoms with Gasteiger partial charge in [0.2, 0.25) is 11.8 Å². The van der Waals surface area contributed by atoms with Crippen LogP contribution in [0.5, 0.6) is 0 Å². The van der Waals surface area contributed by atoms with E-state index in [1.54, 1.807) is 9.80 Å². The van der Waals surface area contributed by atoms with Crippen molar-refractivity contribution in [2.45, 2.75) is 32.7 Å². The minimum Gasteiger partial charge on any atom is -0.339 e. The van der Waals surface area contributed by atoms with Gasteiger partial charge in [-0.2, -0.15) is 0 Å². The van der Waals surface area contributed by atoms with Crippen LogP contribution in [0.4, 0.5) is 5.69 Å². The van der Waals surface area contributed by atoms with Gasteiger partial charge >= 0.3 is 0 Å². The highest BCUT2D eigenvalue weighted by Crippen LogP contribution is 2.33. The number of carbonyl (C=O) groups excluding carboxylic acids is 3. The van der Waals surface area contributed by atoms with Gasteiger partial charge in [-0.25, -0.2) is 0 Å². The molecule has 3 aliphatic heterocycles. The summed E-state index contributed by atoms with van der Waals surface area (Å²) in [7, 11) is 0. The lowest BCUT2D eigenvalue weighted by molar-refractivity contribution is -0.133. The smallest absolute Gasteiger partial charge is 0.256 e. The average Bonchev–Trinajstić information content (AvgIpc) is 3.18. The molecule has 150 valence electrons. The van der Waals surface area contributed by atoms with Crippen molar-refractivity contribution in [3.05, 3.63) is 29.3 Å². The number of piperazine rings is 1. The topological polar surface area (TPSA) is 64.2 Å². The molecule has 0 N–H and O–H groups in total. The number of amides is 3. The van der Waals surface area contributed by atoms with Crippen molar-refractivity contribution in [3.63, 3.8) is 0 Å². The van der Waals surface area contributed by atoms with Crippen molar-refractivity contribution in [2.24, 2.45) is 0 Å². The molecular formula is C21H28N4O3. The largest absolute Gasteiger partial charge is 0.339 e. The second kappa shape index (κ2) is 7.54. The second-order valence-corrected chi connectivity index (χ2v) is 7.92. The van der Waals surface area contributed by atoms with E-state index in [-0.39, 0.29) is 24.3 Å². The number of fused-ring (bicyclic) bond motifs is 2. The maximum Gasteiger partial charge on any atom is 0.256 e. The van der Waals surface area contributed by atoms with Crippen molar-refractivity contribution >= 4 is 23.4 Å². The molecule has 4 rings (SSSR count).